The van der Waals surface area contributed by atoms with E-state index in [2.05, 4.69) is 15.6 Å². The fraction of sp³-hybridized carbons (Fsp3) is 0.636. The molecule has 104 valence electrons. The maximum absolute atomic E-state index is 11.9. The molecule has 3 amide bonds. The highest BCUT2D eigenvalue weighted by atomic mass is 16.3. The van der Waals surface area contributed by atoms with E-state index in [0.717, 1.165) is 4.90 Å². The molecule has 2 rings (SSSR count). The number of carbonyl (C=O) groups is 2. The highest BCUT2D eigenvalue weighted by Crippen LogP contribution is 2.16. The first kappa shape index (κ1) is 13.5. The van der Waals surface area contributed by atoms with E-state index in [1.807, 2.05) is 0 Å². The Morgan fingerprint density at radius 2 is 2.11 bits per heavy atom. The minimum absolute atomic E-state index is 0.219. The van der Waals surface area contributed by atoms with E-state index in [1.54, 1.807) is 27.0 Å². The van der Waals surface area contributed by atoms with Crippen LogP contribution in [-0.2, 0) is 11.3 Å². The second kappa shape index (κ2) is 4.61. The van der Waals surface area contributed by atoms with Crippen LogP contribution in [0.3, 0.4) is 0 Å². The Hall–Kier alpha value is -1.96. The van der Waals surface area contributed by atoms with Crippen LogP contribution < -0.4 is 5.32 Å². The van der Waals surface area contributed by atoms with E-state index in [0.29, 0.717) is 12.2 Å². The number of carbonyl (C=O) groups excluding carboxylic acids is 2. The lowest BCUT2D eigenvalue weighted by Crippen LogP contribution is -2.40. The monoisotopic (exact) mass is 267 g/mol. The summed E-state index contributed by atoms with van der Waals surface area (Å²) in [6.45, 7) is 5.47. The number of rotatable bonds is 4. The van der Waals surface area contributed by atoms with Crippen LogP contribution in [0.25, 0.3) is 0 Å². The van der Waals surface area contributed by atoms with Crippen LogP contribution in [0.5, 0.6) is 0 Å². The van der Waals surface area contributed by atoms with E-state index >= 15 is 0 Å². The van der Waals surface area contributed by atoms with Gasteiger partial charge in [-0.15, -0.1) is 5.10 Å². The minimum Gasteiger partial charge on any atom is -0.387 e. The van der Waals surface area contributed by atoms with Gasteiger partial charge in [-0.1, -0.05) is 5.21 Å². The second-order valence-electron chi connectivity index (χ2n) is 5.09. The maximum atomic E-state index is 11.9. The molecular weight excluding hydrogens is 250 g/mol. The zero-order chi connectivity index (χ0) is 14.2. The molecule has 0 radical (unpaired) electrons. The molecule has 0 saturated carbocycles. The van der Waals surface area contributed by atoms with Gasteiger partial charge in [0.15, 0.2) is 0 Å². The van der Waals surface area contributed by atoms with Crippen molar-refractivity contribution in [2.75, 3.05) is 6.54 Å². The van der Waals surface area contributed by atoms with Gasteiger partial charge in [0.2, 0.25) is 0 Å². The Morgan fingerprint density at radius 1 is 1.42 bits per heavy atom. The van der Waals surface area contributed by atoms with E-state index in [4.69, 9.17) is 0 Å². The van der Waals surface area contributed by atoms with Crippen molar-refractivity contribution < 1.29 is 14.7 Å². The van der Waals surface area contributed by atoms with Crippen LogP contribution in [0, 0.1) is 0 Å². The number of nitrogens with one attached hydrogen (secondary N) is 1. The third kappa shape index (κ3) is 2.58. The normalized spacial score (nSPS) is 19.7. The van der Waals surface area contributed by atoms with Crippen LogP contribution in [0.1, 0.15) is 32.6 Å². The zero-order valence-corrected chi connectivity index (χ0v) is 11.1. The first-order valence-corrected chi connectivity index (χ1v) is 6.03. The standard InChI is InChI=1S/C11H17N5O3/c1-7(17)8-6-15(14-13-8)4-5-16-9(18)11(2,3)12-10(16)19/h6-7,17H,4-5H2,1-3H3,(H,12,19). The zero-order valence-electron chi connectivity index (χ0n) is 11.1. The average molecular weight is 267 g/mol. The number of aromatic nitrogens is 3. The molecule has 2 N–H and O–H groups in total. The summed E-state index contributed by atoms with van der Waals surface area (Å²) in [5.41, 5.74) is -0.401. The molecule has 1 atom stereocenters. The lowest BCUT2D eigenvalue weighted by Gasteiger charge is -2.15. The van der Waals surface area contributed by atoms with Gasteiger partial charge in [-0.3, -0.25) is 14.4 Å². The van der Waals surface area contributed by atoms with Gasteiger partial charge < -0.3 is 10.4 Å². The largest absolute Gasteiger partial charge is 0.387 e. The second-order valence-corrected chi connectivity index (χ2v) is 5.09. The fourth-order valence-electron chi connectivity index (χ4n) is 1.84. The van der Waals surface area contributed by atoms with Gasteiger partial charge in [0.1, 0.15) is 11.2 Å². The summed E-state index contributed by atoms with van der Waals surface area (Å²) in [5.74, 6) is -0.256. The van der Waals surface area contributed by atoms with Crippen molar-refractivity contribution >= 4 is 11.9 Å². The Morgan fingerprint density at radius 3 is 2.58 bits per heavy atom. The minimum atomic E-state index is -0.857. The van der Waals surface area contributed by atoms with Crippen LogP contribution in [0.15, 0.2) is 6.20 Å². The van der Waals surface area contributed by atoms with Crippen molar-refractivity contribution in [1.29, 1.82) is 0 Å². The van der Waals surface area contributed by atoms with Gasteiger partial charge in [-0.25, -0.2) is 4.79 Å². The number of nitrogens with zero attached hydrogens (tertiary/aromatic N) is 4. The molecular formula is C11H17N5O3. The summed E-state index contributed by atoms with van der Waals surface area (Å²) < 4.78 is 1.49. The van der Waals surface area contributed by atoms with Crippen molar-refractivity contribution in [3.05, 3.63) is 11.9 Å². The Kier molecular flexibility index (Phi) is 3.27. The quantitative estimate of drug-likeness (QED) is 0.727. The van der Waals surface area contributed by atoms with Crippen molar-refractivity contribution in [3.63, 3.8) is 0 Å². The molecule has 1 aromatic heterocycles. The Balaban J connectivity index is 1.99. The fourth-order valence-corrected chi connectivity index (χ4v) is 1.84. The van der Waals surface area contributed by atoms with Crippen molar-refractivity contribution in [2.24, 2.45) is 0 Å². The number of aliphatic hydroxyl groups is 1. The van der Waals surface area contributed by atoms with Crippen molar-refractivity contribution in [3.8, 4) is 0 Å². The molecule has 1 aliphatic rings. The van der Waals surface area contributed by atoms with Crippen molar-refractivity contribution in [2.45, 2.75) is 39.0 Å². The van der Waals surface area contributed by atoms with Gasteiger partial charge in [0, 0.05) is 0 Å². The SMILES string of the molecule is CC(O)c1cn(CCN2C(=O)NC(C)(C)C2=O)nn1. The van der Waals surface area contributed by atoms with E-state index in [9.17, 15) is 14.7 Å². The molecule has 1 aromatic rings. The van der Waals surface area contributed by atoms with Crippen molar-refractivity contribution in [1.82, 2.24) is 25.2 Å². The number of aliphatic hydroxyl groups excluding tert-OH is 1. The van der Waals surface area contributed by atoms with Crippen LogP contribution in [0.4, 0.5) is 4.79 Å². The molecule has 0 spiro atoms. The van der Waals surface area contributed by atoms with E-state index in [-0.39, 0.29) is 12.5 Å². The summed E-state index contributed by atoms with van der Waals surface area (Å²) in [6, 6.07) is -0.397. The summed E-state index contributed by atoms with van der Waals surface area (Å²) in [6.07, 6.45) is 0.901. The topological polar surface area (TPSA) is 100 Å². The predicted octanol–water partition coefficient (Wildman–Crippen LogP) is -0.338. The number of amides is 3. The average Bonchev–Trinajstić information content (AvgIpc) is 2.83. The van der Waals surface area contributed by atoms with Gasteiger partial charge in [0.25, 0.3) is 5.91 Å². The first-order valence-electron chi connectivity index (χ1n) is 6.03. The molecule has 2 heterocycles. The number of hydrogen-bond acceptors (Lipinski definition) is 5. The Labute approximate surface area is 110 Å². The maximum Gasteiger partial charge on any atom is 0.325 e. The number of hydrogen-bond donors (Lipinski definition) is 2. The molecule has 0 bridgehead atoms. The number of urea groups is 1. The number of imide groups is 1. The molecule has 1 unspecified atom stereocenters. The molecule has 1 aliphatic heterocycles. The molecule has 0 aliphatic carbocycles. The van der Waals surface area contributed by atoms with Crippen LogP contribution in [0.2, 0.25) is 0 Å². The van der Waals surface area contributed by atoms with Gasteiger partial charge in [-0.05, 0) is 20.8 Å². The Bertz CT molecular complexity index is 508. The summed E-state index contributed by atoms with van der Waals surface area (Å²) in [5, 5.41) is 19.5. The van der Waals surface area contributed by atoms with E-state index in [1.165, 1.54) is 4.68 Å². The van der Waals surface area contributed by atoms with Crippen LogP contribution >= 0.6 is 0 Å². The molecule has 0 aromatic carbocycles. The highest BCUT2D eigenvalue weighted by Gasteiger charge is 2.43. The smallest absolute Gasteiger partial charge is 0.325 e. The highest BCUT2D eigenvalue weighted by molar-refractivity contribution is 6.06. The van der Waals surface area contributed by atoms with Gasteiger partial charge >= 0.3 is 6.03 Å². The van der Waals surface area contributed by atoms with Gasteiger partial charge in [-0.2, -0.15) is 0 Å². The first-order chi connectivity index (χ1) is 8.81. The lowest BCUT2D eigenvalue weighted by molar-refractivity contribution is -0.130. The molecule has 1 saturated heterocycles. The lowest BCUT2D eigenvalue weighted by atomic mass is 10.1. The predicted molar refractivity (Wildman–Crippen MR) is 65.0 cm³/mol. The summed E-state index contributed by atoms with van der Waals surface area (Å²) in [4.78, 5) is 24.7. The third-order valence-corrected chi connectivity index (χ3v) is 2.98. The summed E-state index contributed by atoms with van der Waals surface area (Å²) >= 11 is 0. The molecule has 8 heteroatoms. The molecule has 19 heavy (non-hydrogen) atoms. The van der Waals surface area contributed by atoms with Gasteiger partial charge in [0.05, 0.1) is 25.4 Å². The third-order valence-electron chi connectivity index (χ3n) is 2.98. The molecule has 8 nitrogen and oxygen atoms in total. The van der Waals surface area contributed by atoms with Crippen LogP contribution in [-0.4, -0.2) is 49.0 Å². The van der Waals surface area contributed by atoms with E-state index < -0.39 is 17.7 Å². The summed E-state index contributed by atoms with van der Waals surface area (Å²) in [7, 11) is 0. The molecule has 1 fully saturated rings.